The SMILES string of the molecule is COc1ccccc1C1CCN(S(=O)(=O)c2cc(Br)ccc2Br)CC1. The summed E-state index contributed by atoms with van der Waals surface area (Å²) in [5, 5.41) is 0. The Kier molecular flexibility index (Phi) is 5.88. The van der Waals surface area contributed by atoms with Crippen LogP contribution < -0.4 is 4.74 Å². The molecule has 1 aliphatic rings. The molecule has 1 aliphatic heterocycles. The molecule has 1 saturated heterocycles. The fraction of sp³-hybridized carbons (Fsp3) is 0.333. The van der Waals surface area contributed by atoms with E-state index in [0.29, 0.717) is 28.4 Å². The second kappa shape index (κ2) is 7.78. The maximum atomic E-state index is 13.0. The Morgan fingerprint density at radius 2 is 1.76 bits per heavy atom. The van der Waals surface area contributed by atoms with E-state index in [9.17, 15) is 8.42 Å². The molecule has 0 spiro atoms. The lowest BCUT2D eigenvalue weighted by atomic mass is 9.89. The van der Waals surface area contributed by atoms with Crippen LogP contribution in [0.3, 0.4) is 0 Å². The predicted molar refractivity (Wildman–Crippen MR) is 106 cm³/mol. The molecule has 0 bridgehead atoms. The van der Waals surface area contributed by atoms with Gasteiger partial charge in [-0.25, -0.2) is 8.42 Å². The zero-order chi connectivity index (χ0) is 18.0. The Balaban J connectivity index is 1.79. The first kappa shape index (κ1) is 18.9. The zero-order valence-electron chi connectivity index (χ0n) is 13.8. The standard InChI is InChI=1S/C18H19Br2NO3S/c1-24-17-5-3-2-4-15(17)13-8-10-21(11-9-13)25(22,23)18-12-14(19)6-7-16(18)20/h2-7,12-13H,8-11H2,1H3. The van der Waals surface area contributed by atoms with Crippen LogP contribution in [0.2, 0.25) is 0 Å². The summed E-state index contributed by atoms with van der Waals surface area (Å²) in [6.45, 7) is 1.01. The number of hydrogen-bond acceptors (Lipinski definition) is 3. The first-order valence-corrected chi connectivity index (χ1v) is 11.0. The number of rotatable bonds is 4. The van der Waals surface area contributed by atoms with Crippen molar-refractivity contribution in [2.75, 3.05) is 20.2 Å². The molecule has 0 amide bonds. The molecule has 25 heavy (non-hydrogen) atoms. The number of ether oxygens (including phenoxy) is 1. The summed E-state index contributed by atoms with van der Waals surface area (Å²) in [7, 11) is -1.84. The molecule has 0 radical (unpaired) electrons. The van der Waals surface area contributed by atoms with E-state index in [0.717, 1.165) is 28.6 Å². The van der Waals surface area contributed by atoms with Gasteiger partial charge >= 0.3 is 0 Å². The van der Waals surface area contributed by atoms with Crippen LogP contribution in [-0.4, -0.2) is 32.9 Å². The average Bonchev–Trinajstić information content (AvgIpc) is 2.63. The maximum Gasteiger partial charge on any atom is 0.244 e. The largest absolute Gasteiger partial charge is 0.496 e. The van der Waals surface area contributed by atoms with Crippen molar-refractivity contribution in [3.8, 4) is 5.75 Å². The van der Waals surface area contributed by atoms with E-state index in [-0.39, 0.29) is 0 Å². The normalized spacial score (nSPS) is 16.8. The monoisotopic (exact) mass is 487 g/mol. The van der Waals surface area contributed by atoms with E-state index in [1.165, 1.54) is 0 Å². The third kappa shape index (κ3) is 3.94. The summed E-state index contributed by atoms with van der Waals surface area (Å²) in [5.74, 6) is 1.19. The Bertz CT molecular complexity index is 862. The third-order valence-electron chi connectivity index (χ3n) is 4.54. The van der Waals surface area contributed by atoms with Gasteiger partial charge in [-0.1, -0.05) is 34.1 Å². The molecule has 134 valence electrons. The molecule has 0 unspecified atom stereocenters. The maximum absolute atomic E-state index is 13.0. The van der Waals surface area contributed by atoms with E-state index >= 15 is 0 Å². The van der Waals surface area contributed by atoms with Crippen molar-refractivity contribution >= 4 is 41.9 Å². The molecule has 0 aliphatic carbocycles. The van der Waals surface area contributed by atoms with Gasteiger partial charge in [0.1, 0.15) is 5.75 Å². The van der Waals surface area contributed by atoms with Crippen molar-refractivity contribution in [3.05, 3.63) is 57.0 Å². The minimum atomic E-state index is -3.51. The van der Waals surface area contributed by atoms with Crippen molar-refractivity contribution in [1.82, 2.24) is 4.31 Å². The highest BCUT2D eigenvalue weighted by Gasteiger charge is 2.32. The van der Waals surface area contributed by atoms with Crippen LogP contribution >= 0.6 is 31.9 Å². The van der Waals surface area contributed by atoms with E-state index in [4.69, 9.17) is 4.74 Å². The summed E-state index contributed by atoms with van der Waals surface area (Å²) < 4.78 is 34.3. The van der Waals surface area contributed by atoms with Crippen LogP contribution in [0.25, 0.3) is 0 Å². The number of piperidine rings is 1. The Morgan fingerprint density at radius 1 is 1.08 bits per heavy atom. The first-order valence-electron chi connectivity index (χ1n) is 8.01. The minimum absolute atomic E-state index is 0.303. The molecule has 3 rings (SSSR count). The second-order valence-electron chi connectivity index (χ2n) is 6.00. The van der Waals surface area contributed by atoms with Crippen molar-refractivity contribution in [1.29, 1.82) is 0 Å². The first-order chi connectivity index (χ1) is 11.9. The molecule has 7 heteroatoms. The smallest absolute Gasteiger partial charge is 0.244 e. The molecule has 4 nitrogen and oxygen atoms in total. The lowest BCUT2D eigenvalue weighted by Gasteiger charge is -2.32. The molecule has 1 fully saturated rings. The molecule has 0 N–H and O–H groups in total. The van der Waals surface area contributed by atoms with Gasteiger partial charge in [0.05, 0.1) is 12.0 Å². The van der Waals surface area contributed by atoms with Gasteiger partial charge < -0.3 is 4.74 Å². The number of para-hydroxylation sites is 1. The van der Waals surface area contributed by atoms with Gasteiger partial charge in [-0.2, -0.15) is 4.31 Å². The van der Waals surface area contributed by atoms with E-state index in [2.05, 4.69) is 37.9 Å². The minimum Gasteiger partial charge on any atom is -0.496 e. The highest BCUT2D eigenvalue weighted by atomic mass is 79.9. The molecule has 0 aromatic heterocycles. The van der Waals surface area contributed by atoms with Gasteiger partial charge in [0.15, 0.2) is 0 Å². The number of hydrogen-bond donors (Lipinski definition) is 0. The molecular weight excluding hydrogens is 470 g/mol. The van der Waals surface area contributed by atoms with Crippen molar-refractivity contribution in [3.63, 3.8) is 0 Å². The van der Waals surface area contributed by atoms with Crippen molar-refractivity contribution in [2.24, 2.45) is 0 Å². The summed E-state index contributed by atoms with van der Waals surface area (Å²) in [5.41, 5.74) is 1.16. The van der Waals surface area contributed by atoms with E-state index in [1.54, 1.807) is 23.5 Å². The molecular formula is C18H19Br2NO3S. The zero-order valence-corrected chi connectivity index (χ0v) is 17.8. The molecule has 1 heterocycles. The Hall–Kier alpha value is -0.890. The van der Waals surface area contributed by atoms with Crippen LogP contribution in [0.5, 0.6) is 5.75 Å². The lowest BCUT2D eigenvalue weighted by Crippen LogP contribution is -2.38. The van der Waals surface area contributed by atoms with Gasteiger partial charge in [-0.15, -0.1) is 0 Å². The molecule has 0 saturated carbocycles. The fourth-order valence-electron chi connectivity index (χ4n) is 3.22. The van der Waals surface area contributed by atoms with Gasteiger partial charge in [0.2, 0.25) is 10.0 Å². The Labute approximate surface area is 165 Å². The van der Waals surface area contributed by atoms with Crippen LogP contribution in [-0.2, 0) is 10.0 Å². The van der Waals surface area contributed by atoms with E-state index < -0.39 is 10.0 Å². The number of methoxy groups -OCH3 is 1. The average molecular weight is 489 g/mol. The second-order valence-corrected chi connectivity index (χ2v) is 9.67. The van der Waals surface area contributed by atoms with Gasteiger partial charge in [-0.3, -0.25) is 0 Å². The van der Waals surface area contributed by atoms with E-state index in [1.807, 2.05) is 24.3 Å². The van der Waals surface area contributed by atoms with Crippen LogP contribution in [0.4, 0.5) is 0 Å². The van der Waals surface area contributed by atoms with Crippen molar-refractivity contribution < 1.29 is 13.2 Å². The highest BCUT2D eigenvalue weighted by molar-refractivity contribution is 9.11. The van der Waals surface area contributed by atoms with Gasteiger partial charge in [0.25, 0.3) is 0 Å². The summed E-state index contributed by atoms with van der Waals surface area (Å²) in [6.07, 6.45) is 1.57. The highest BCUT2D eigenvalue weighted by Crippen LogP contribution is 2.36. The van der Waals surface area contributed by atoms with Crippen molar-refractivity contribution in [2.45, 2.75) is 23.7 Å². The topological polar surface area (TPSA) is 46.6 Å². The third-order valence-corrected chi connectivity index (χ3v) is 7.93. The van der Waals surface area contributed by atoms with Crippen LogP contribution in [0.1, 0.15) is 24.3 Å². The number of benzene rings is 2. The predicted octanol–water partition coefficient (Wildman–Crippen LogP) is 4.79. The number of nitrogens with zero attached hydrogens (tertiary/aromatic N) is 1. The summed E-state index contributed by atoms with van der Waals surface area (Å²) in [6, 6.07) is 13.2. The fourth-order valence-corrected chi connectivity index (χ4v) is 6.16. The molecule has 2 aromatic rings. The number of halogens is 2. The lowest BCUT2D eigenvalue weighted by molar-refractivity contribution is 0.313. The van der Waals surface area contributed by atoms with Crippen LogP contribution in [0, 0.1) is 0 Å². The number of sulfonamides is 1. The summed E-state index contributed by atoms with van der Waals surface area (Å²) >= 11 is 6.71. The summed E-state index contributed by atoms with van der Waals surface area (Å²) in [4.78, 5) is 0.303. The van der Waals surface area contributed by atoms with Crippen LogP contribution in [0.15, 0.2) is 56.3 Å². The Morgan fingerprint density at radius 3 is 2.44 bits per heavy atom. The molecule has 2 aromatic carbocycles. The molecule has 0 atom stereocenters. The van der Waals surface area contributed by atoms with Gasteiger partial charge in [0, 0.05) is 22.0 Å². The van der Waals surface area contributed by atoms with Gasteiger partial charge in [-0.05, 0) is 64.5 Å². The quantitative estimate of drug-likeness (QED) is 0.621.